The zero-order chi connectivity index (χ0) is 16.6. The van der Waals surface area contributed by atoms with Gasteiger partial charge in [0.15, 0.2) is 5.82 Å². The molecule has 3 rings (SSSR count). The Balaban J connectivity index is 2.24. The normalized spacial score (nSPS) is 11.7. The average molecular weight is 314 g/mol. The molecule has 118 valence electrons. The van der Waals surface area contributed by atoms with E-state index in [9.17, 15) is 8.78 Å². The van der Waals surface area contributed by atoms with Crippen molar-refractivity contribution in [1.82, 2.24) is 9.78 Å². The Labute approximate surface area is 133 Å². The molecule has 5 heteroatoms. The second-order valence-electron chi connectivity index (χ2n) is 6.39. The van der Waals surface area contributed by atoms with Crippen molar-refractivity contribution in [3.63, 3.8) is 0 Å². The maximum Gasteiger partial charge on any atom is 0.313 e. The summed E-state index contributed by atoms with van der Waals surface area (Å²) in [5, 5.41) is 4.61. The van der Waals surface area contributed by atoms with Gasteiger partial charge in [-0.1, -0.05) is 18.2 Å². The Kier molecular flexibility index (Phi) is 3.72. The number of rotatable bonds is 2. The predicted molar refractivity (Wildman–Crippen MR) is 84.1 cm³/mol. The van der Waals surface area contributed by atoms with Gasteiger partial charge in [0.2, 0.25) is 6.33 Å². The molecule has 0 spiro atoms. The summed E-state index contributed by atoms with van der Waals surface area (Å²) in [6, 6.07) is 13.1. The van der Waals surface area contributed by atoms with Gasteiger partial charge in [-0.05, 0) is 45.0 Å². The van der Waals surface area contributed by atoms with Gasteiger partial charge in [0, 0.05) is 11.2 Å². The lowest BCUT2D eigenvalue weighted by Crippen LogP contribution is -2.33. The Hall–Kier alpha value is -2.56. The molecule has 0 unspecified atom stereocenters. The van der Waals surface area contributed by atoms with Crippen LogP contribution in [0.5, 0.6) is 0 Å². The average Bonchev–Trinajstić information content (AvgIpc) is 2.93. The molecule has 0 N–H and O–H groups in total. The number of benzene rings is 2. The monoisotopic (exact) mass is 314 g/mol. The molecule has 23 heavy (non-hydrogen) atoms. The first-order valence-electron chi connectivity index (χ1n) is 7.39. The summed E-state index contributed by atoms with van der Waals surface area (Å²) < 4.78 is 30.9. The van der Waals surface area contributed by atoms with Crippen molar-refractivity contribution in [2.24, 2.45) is 0 Å². The molecular weight excluding hydrogens is 296 g/mol. The Morgan fingerprint density at radius 2 is 1.70 bits per heavy atom. The van der Waals surface area contributed by atoms with Gasteiger partial charge < -0.3 is 0 Å². The molecule has 0 saturated carbocycles. The van der Waals surface area contributed by atoms with Crippen molar-refractivity contribution in [1.29, 1.82) is 0 Å². The standard InChI is InChI=1S/C18H18F2N3/c1-18(2,3)23-12-22(16-10-9-14(19)11-15(16)20)17(21-23)13-7-5-4-6-8-13/h4-12H,1-3H3/q+1. The van der Waals surface area contributed by atoms with Crippen LogP contribution in [0.3, 0.4) is 0 Å². The summed E-state index contributed by atoms with van der Waals surface area (Å²) >= 11 is 0. The van der Waals surface area contributed by atoms with Gasteiger partial charge >= 0.3 is 5.82 Å². The Bertz CT molecular complexity index is 833. The molecule has 0 fully saturated rings. The highest BCUT2D eigenvalue weighted by Gasteiger charge is 2.28. The predicted octanol–water partition coefficient (Wildman–Crippen LogP) is 3.86. The van der Waals surface area contributed by atoms with Crippen LogP contribution < -0.4 is 4.57 Å². The van der Waals surface area contributed by atoms with Crippen molar-refractivity contribution in [3.05, 3.63) is 66.5 Å². The van der Waals surface area contributed by atoms with Crippen LogP contribution in [0.4, 0.5) is 8.78 Å². The summed E-state index contributed by atoms with van der Waals surface area (Å²) in [6.45, 7) is 6.04. The largest absolute Gasteiger partial charge is 0.313 e. The highest BCUT2D eigenvalue weighted by atomic mass is 19.1. The van der Waals surface area contributed by atoms with Crippen LogP contribution >= 0.6 is 0 Å². The molecule has 0 amide bonds. The second kappa shape index (κ2) is 5.57. The molecule has 0 saturated heterocycles. The van der Waals surface area contributed by atoms with Crippen molar-refractivity contribution in [3.8, 4) is 17.1 Å². The zero-order valence-electron chi connectivity index (χ0n) is 13.3. The fourth-order valence-electron chi connectivity index (χ4n) is 2.30. The minimum atomic E-state index is -0.624. The molecule has 2 aromatic carbocycles. The summed E-state index contributed by atoms with van der Waals surface area (Å²) in [5.74, 6) is -0.622. The van der Waals surface area contributed by atoms with E-state index in [1.165, 1.54) is 12.1 Å². The van der Waals surface area contributed by atoms with Gasteiger partial charge in [-0.3, -0.25) is 0 Å². The number of nitrogens with zero attached hydrogens (tertiary/aromatic N) is 3. The van der Waals surface area contributed by atoms with Gasteiger partial charge in [0.1, 0.15) is 17.0 Å². The molecule has 1 aromatic heterocycles. The lowest BCUT2D eigenvalue weighted by molar-refractivity contribution is -0.587. The maximum absolute atomic E-state index is 14.2. The number of aromatic nitrogens is 3. The van der Waals surface area contributed by atoms with Crippen LogP contribution in [0, 0.1) is 11.6 Å². The van der Waals surface area contributed by atoms with Crippen LogP contribution in [0.2, 0.25) is 0 Å². The smallest absolute Gasteiger partial charge is 0.207 e. The summed E-state index contributed by atoms with van der Waals surface area (Å²) in [6.07, 6.45) is 1.73. The van der Waals surface area contributed by atoms with Crippen molar-refractivity contribution >= 4 is 0 Å². The van der Waals surface area contributed by atoms with E-state index in [-0.39, 0.29) is 11.2 Å². The van der Waals surface area contributed by atoms with E-state index in [1.54, 1.807) is 15.6 Å². The van der Waals surface area contributed by atoms with Crippen molar-refractivity contribution in [2.75, 3.05) is 0 Å². The van der Waals surface area contributed by atoms with Gasteiger partial charge in [0.05, 0.1) is 5.56 Å². The van der Waals surface area contributed by atoms with E-state index in [0.29, 0.717) is 5.82 Å². The van der Waals surface area contributed by atoms with Crippen LogP contribution in [0.15, 0.2) is 54.9 Å². The minimum Gasteiger partial charge on any atom is -0.207 e. The van der Waals surface area contributed by atoms with Gasteiger partial charge in [0.25, 0.3) is 0 Å². The third-order valence-electron chi connectivity index (χ3n) is 3.54. The molecule has 0 aliphatic carbocycles. The van der Waals surface area contributed by atoms with E-state index in [4.69, 9.17) is 0 Å². The number of hydrogen-bond donors (Lipinski definition) is 0. The van der Waals surface area contributed by atoms with Crippen LogP contribution in [0.1, 0.15) is 20.8 Å². The highest BCUT2D eigenvalue weighted by Crippen LogP contribution is 2.20. The first-order chi connectivity index (χ1) is 10.9. The molecule has 0 aliphatic heterocycles. The third-order valence-corrected chi connectivity index (χ3v) is 3.54. The van der Waals surface area contributed by atoms with E-state index in [1.807, 2.05) is 51.1 Å². The maximum atomic E-state index is 14.2. The van der Waals surface area contributed by atoms with E-state index < -0.39 is 11.6 Å². The SMILES string of the molecule is CC(C)(C)n1c[n+](-c2ccc(F)cc2F)c(-c2ccccc2)n1. The summed E-state index contributed by atoms with van der Waals surface area (Å²) in [5.41, 5.74) is 0.866. The molecule has 0 atom stereocenters. The third kappa shape index (κ3) is 2.99. The fraction of sp³-hybridized carbons (Fsp3) is 0.222. The van der Waals surface area contributed by atoms with Crippen LogP contribution in [-0.2, 0) is 5.54 Å². The molecule has 3 nitrogen and oxygen atoms in total. The minimum absolute atomic E-state index is 0.259. The van der Waals surface area contributed by atoms with Crippen molar-refractivity contribution < 1.29 is 13.3 Å². The fourth-order valence-corrected chi connectivity index (χ4v) is 2.30. The quantitative estimate of drug-likeness (QED) is 0.658. The molecule has 1 heterocycles. The van der Waals surface area contributed by atoms with Crippen LogP contribution in [0.25, 0.3) is 17.1 Å². The number of halogens is 2. The highest BCUT2D eigenvalue weighted by molar-refractivity contribution is 5.51. The molecule has 0 bridgehead atoms. The lowest BCUT2D eigenvalue weighted by Gasteiger charge is -2.10. The van der Waals surface area contributed by atoms with Crippen LogP contribution in [-0.4, -0.2) is 9.78 Å². The second-order valence-corrected chi connectivity index (χ2v) is 6.39. The Morgan fingerprint density at radius 1 is 1.00 bits per heavy atom. The Morgan fingerprint density at radius 3 is 2.30 bits per heavy atom. The molecule has 0 aliphatic rings. The summed E-state index contributed by atoms with van der Waals surface area (Å²) in [7, 11) is 0. The molecule has 0 radical (unpaired) electrons. The van der Waals surface area contributed by atoms with Crippen molar-refractivity contribution in [2.45, 2.75) is 26.3 Å². The zero-order valence-corrected chi connectivity index (χ0v) is 13.3. The topological polar surface area (TPSA) is 21.7 Å². The van der Waals surface area contributed by atoms with Gasteiger partial charge in [-0.2, -0.15) is 4.57 Å². The molecule has 3 aromatic rings. The van der Waals surface area contributed by atoms with E-state index >= 15 is 0 Å². The number of hydrogen-bond acceptors (Lipinski definition) is 1. The van der Waals surface area contributed by atoms with Gasteiger partial charge in [-0.15, -0.1) is 4.68 Å². The first kappa shape index (κ1) is 15.3. The lowest BCUT2D eigenvalue weighted by atomic mass is 10.1. The summed E-state index contributed by atoms with van der Waals surface area (Å²) in [4.78, 5) is 0. The van der Waals surface area contributed by atoms with E-state index in [0.717, 1.165) is 11.6 Å². The first-order valence-corrected chi connectivity index (χ1v) is 7.39. The van der Waals surface area contributed by atoms with Gasteiger partial charge in [-0.25, -0.2) is 8.78 Å². The van der Waals surface area contributed by atoms with E-state index in [2.05, 4.69) is 5.10 Å². The molecular formula is C18H18F2N3+.